The lowest BCUT2D eigenvalue weighted by atomic mass is 9.82. The number of rotatable bonds is 8. The van der Waals surface area contributed by atoms with E-state index >= 15 is 0 Å². The summed E-state index contributed by atoms with van der Waals surface area (Å²) in [5, 5.41) is 5.04. The number of ether oxygens (including phenoxy) is 2. The van der Waals surface area contributed by atoms with Crippen LogP contribution in [-0.2, 0) is 10.8 Å². The van der Waals surface area contributed by atoms with E-state index in [1.807, 2.05) is 60.7 Å². The van der Waals surface area contributed by atoms with E-state index in [1.165, 1.54) is 27.7 Å². The quantitative estimate of drug-likeness (QED) is 0.0884. The molecule has 54 heavy (non-hydrogen) atoms. The number of benzene rings is 7. The maximum Gasteiger partial charge on any atom is 0.160 e. The maximum atomic E-state index is 13.5. The van der Waals surface area contributed by atoms with Gasteiger partial charge in [-0.3, -0.25) is 19.2 Å². The number of carbonyl (C=O) groups is 4. The first kappa shape index (κ1) is 36.5. The maximum absolute atomic E-state index is 13.5. The second-order valence-corrected chi connectivity index (χ2v) is 16.4. The van der Waals surface area contributed by atoms with Crippen LogP contribution in [0.25, 0.3) is 43.1 Å². The molecule has 0 atom stereocenters. The third-order valence-electron chi connectivity index (χ3n) is 10.4. The third-order valence-corrected chi connectivity index (χ3v) is 10.4. The molecule has 7 rings (SSSR count). The van der Waals surface area contributed by atoms with Crippen molar-refractivity contribution in [2.75, 3.05) is 0 Å². The van der Waals surface area contributed by atoms with Crippen LogP contribution in [-0.4, -0.2) is 23.1 Å². The van der Waals surface area contributed by atoms with E-state index in [1.54, 1.807) is 24.3 Å². The molecule has 0 saturated heterocycles. The van der Waals surface area contributed by atoms with Crippen molar-refractivity contribution in [2.24, 2.45) is 0 Å². The first-order valence-electron chi connectivity index (χ1n) is 18.3. The summed E-state index contributed by atoms with van der Waals surface area (Å²) in [4.78, 5) is 53.7. The van der Waals surface area contributed by atoms with Gasteiger partial charge < -0.3 is 9.47 Å². The molecular weight excluding hydrogens is 673 g/mol. The van der Waals surface area contributed by atoms with Crippen LogP contribution in [0.2, 0.25) is 0 Å². The fraction of sp³-hybridized carbons (Fsp3) is 0.250. The molecule has 0 heterocycles. The second-order valence-electron chi connectivity index (χ2n) is 16.4. The van der Waals surface area contributed by atoms with Gasteiger partial charge in [-0.05, 0) is 96.8 Å². The van der Waals surface area contributed by atoms with Crippen molar-refractivity contribution in [2.45, 2.75) is 80.1 Å². The van der Waals surface area contributed by atoms with Gasteiger partial charge in [0.05, 0.1) is 0 Å². The number of fused-ring (bicyclic) bond motifs is 2. The summed E-state index contributed by atoms with van der Waals surface area (Å²) in [6.45, 7) is 18.8. The Morgan fingerprint density at radius 3 is 0.981 bits per heavy atom. The molecule has 0 aliphatic heterocycles. The van der Waals surface area contributed by atoms with Gasteiger partial charge in [0.2, 0.25) is 0 Å². The lowest BCUT2D eigenvalue weighted by Crippen LogP contribution is -2.10. The van der Waals surface area contributed by atoms with Crippen LogP contribution >= 0.6 is 0 Å². The Hall–Kier alpha value is -5.88. The number of hydrogen-bond acceptors (Lipinski definition) is 6. The van der Waals surface area contributed by atoms with Gasteiger partial charge in [0, 0.05) is 54.6 Å². The Morgan fingerprint density at radius 1 is 0.389 bits per heavy atom. The zero-order valence-electron chi connectivity index (χ0n) is 32.5. The molecule has 0 saturated carbocycles. The number of carbonyl (C=O) groups excluding carboxylic acids is 4. The van der Waals surface area contributed by atoms with Crippen LogP contribution < -0.4 is 9.47 Å². The van der Waals surface area contributed by atoms with Gasteiger partial charge in [-0.1, -0.05) is 90.1 Å². The van der Waals surface area contributed by atoms with Crippen molar-refractivity contribution in [3.05, 3.63) is 118 Å². The van der Waals surface area contributed by atoms with Crippen molar-refractivity contribution in [3.8, 4) is 23.0 Å². The number of hydrogen-bond donors (Lipinski definition) is 0. The molecular formula is C48H44O6. The molecule has 0 spiro atoms. The molecule has 0 amide bonds. The Balaban J connectivity index is 1.67. The summed E-state index contributed by atoms with van der Waals surface area (Å²) in [5.74, 6) is 1.14. The molecule has 0 aliphatic rings. The van der Waals surface area contributed by atoms with E-state index in [4.69, 9.17) is 9.47 Å². The minimum absolute atomic E-state index is 0.0656. The van der Waals surface area contributed by atoms with Crippen LogP contribution in [0, 0.1) is 0 Å². The van der Waals surface area contributed by atoms with E-state index in [2.05, 4.69) is 41.5 Å². The van der Waals surface area contributed by atoms with Crippen molar-refractivity contribution in [1.29, 1.82) is 0 Å². The molecule has 0 aliphatic carbocycles. The van der Waals surface area contributed by atoms with Crippen LogP contribution in [0.15, 0.2) is 84.9 Å². The Kier molecular flexibility index (Phi) is 8.72. The molecule has 0 fully saturated rings. The minimum atomic E-state index is -0.223. The van der Waals surface area contributed by atoms with Gasteiger partial charge >= 0.3 is 0 Å². The van der Waals surface area contributed by atoms with Gasteiger partial charge in [-0.15, -0.1) is 0 Å². The van der Waals surface area contributed by atoms with E-state index in [-0.39, 0.29) is 34.0 Å². The summed E-state index contributed by atoms with van der Waals surface area (Å²) in [6, 6.07) is 26.4. The standard InChI is InChI=1S/C48H44O6/c1-25(49)33-19-21-35-44-40(54-32-17-13-30(14-18-32)48(8,9)10)24-38(28(4)52)42-34(26(2)50)20-22-36(46(42)44)43-39(23-37(27(3)51)41(33)45(35)43)53-31-15-11-29(12-16-31)47(5,6)7/h11-24H,1-10H3. The highest BCUT2D eigenvalue weighted by atomic mass is 16.5. The summed E-state index contributed by atoms with van der Waals surface area (Å²) in [7, 11) is 0. The van der Waals surface area contributed by atoms with Gasteiger partial charge in [-0.2, -0.15) is 0 Å². The smallest absolute Gasteiger partial charge is 0.160 e. The van der Waals surface area contributed by atoms with Gasteiger partial charge in [0.1, 0.15) is 23.0 Å². The summed E-state index contributed by atoms with van der Waals surface area (Å²) in [5.41, 5.74) is 3.66. The summed E-state index contributed by atoms with van der Waals surface area (Å²) >= 11 is 0. The summed E-state index contributed by atoms with van der Waals surface area (Å²) in [6.07, 6.45) is 0. The predicted octanol–water partition coefficient (Wildman–Crippen LogP) is 12.7. The van der Waals surface area contributed by atoms with E-state index in [0.717, 1.165) is 11.1 Å². The topological polar surface area (TPSA) is 86.7 Å². The summed E-state index contributed by atoms with van der Waals surface area (Å²) < 4.78 is 13.4. The highest BCUT2D eigenvalue weighted by Gasteiger charge is 2.29. The second kappa shape index (κ2) is 12.9. The monoisotopic (exact) mass is 716 g/mol. The zero-order chi connectivity index (χ0) is 39.0. The number of ketones is 4. The van der Waals surface area contributed by atoms with Gasteiger partial charge in [0.25, 0.3) is 0 Å². The molecule has 6 heteroatoms. The molecule has 7 aromatic rings. The molecule has 0 radical (unpaired) electrons. The van der Waals surface area contributed by atoms with E-state index in [0.29, 0.717) is 88.3 Å². The van der Waals surface area contributed by atoms with Crippen molar-refractivity contribution < 1.29 is 28.7 Å². The SMILES string of the molecule is CC(=O)c1ccc2c3c(Oc4ccc(C(C)(C)C)cc4)cc(C(C)=O)c4c(C(C)=O)ccc(c5c(Oc6ccc(C(C)(C)C)cc6)cc(C(C)=O)c1c25)c43. The lowest BCUT2D eigenvalue weighted by molar-refractivity contribution is 0.100. The molecule has 0 bridgehead atoms. The van der Waals surface area contributed by atoms with Crippen LogP contribution in [0.1, 0.15) is 122 Å². The molecule has 0 aromatic heterocycles. The molecule has 272 valence electrons. The van der Waals surface area contributed by atoms with Crippen LogP contribution in [0.5, 0.6) is 23.0 Å². The fourth-order valence-electron chi connectivity index (χ4n) is 7.64. The zero-order valence-corrected chi connectivity index (χ0v) is 32.5. The normalized spacial score (nSPS) is 12.2. The lowest BCUT2D eigenvalue weighted by Gasteiger charge is -2.24. The van der Waals surface area contributed by atoms with Crippen molar-refractivity contribution in [3.63, 3.8) is 0 Å². The minimum Gasteiger partial charge on any atom is -0.457 e. The largest absolute Gasteiger partial charge is 0.457 e. The average Bonchev–Trinajstić information content (AvgIpc) is 3.09. The average molecular weight is 717 g/mol. The fourth-order valence-corrected chi connectivity index (χ4v) is 7.64. The Bertz CT molecular complexity index is 2510. The van der Waals surface area contributed by atoms with E-state index < -0.39 is 0 Å². The highest BCUT2D eigenvalue weighted by Crippen LogP contribution is 2.51. The Labute approximate surface area is 315 Å². The highest BCUT2D eigenvalue weighted by molar-refractivity contribution is 6.40. The first-order chi connectivity index (χ1) is 25.4. The third kappa shape index (κ3) is 6.09. The van der Waals surface area contributed by atoms with Crippen molar-refractivity contribution in [1.82, 2.24) is 0 Å². The Morgan fingerprint density at radius 2 is 0.704 bits per heavy atom. The van der Waals surface area contributed by atoms with Crippen LogP contribution in [0.3, 0.4) is 0 Å². The number of Topliss-reactive ketones (excluding diaryl/α,β-unsaturated/α-hetero) is 4. The van der Waals surface area contributed by atoms with E-state index in [9.17, 15) is 19.2 Å². The van der Waals surface area contributed by atoms with Crippen molar-refractivity contribution >= 4 is 66.2 Å². The first-order valence-corrected chi connectivity index (χ1v) is 18.3. The molecule has 0 N–H and O–H groups in total. The van der Waals surface area contributed by atoms with Gasteiger partial charge in [-0.25, -0.2) is 0 Å². The van der Waals surface area contributed by atoms with Gasteiger partial charge in [0.15, 0.2) is 23.1 Å². The van der Waals surface area contributed by atoms with Crippen LogP contribution in [0.4, 0.5) is 0 Å². The molecule has 0 unspecified atom stereocenters. The predicted molar refractivity (Wildman–Crippen MR) is 218 cm³/mol. The molecule has 6 nitrogen and oxygen atoms in total. The molecule has 7 aromatic carbocycles.